The molecule has 3 N–H and O–H groups in total. The highest BCUT2D eigenvalue weighted by Crippen LogP contribution is 2.52. The summed E-state index contributed by atoms with van der Waals surface area (Å²) < 4.78 is 31.8. The van der Waals surface area contributed by atoms with Crippen LogP contribution in [0.15, 0.2) is 53.5 Å². The van der Waals surface area contributed by atoms with E-state index >= 15 is 0 Å². The highest BCUT2D eigenvalue weighted by Gasteiger charge is 2.46. The van der Waals surface area contributed by atoms with Gasteiger partial charge in [-0.05, 0) is 86.1 Å². The molecule has 9 nitrogen and oxygen atoms in total. The minimum Gasteiger partial charge on any atom is -0.367 e. The molecule has 1 aliphatic heterocycles. The van der Waals surface area contributed by atoms with Crippen molar-refractivity contribution in [2.45, 2.75) is 64.5 Å². The molecule has 2 aliphatic carbocycles. The van der Waals surface area contributed by atoms with Crippen molar-refractivity contribution in [3.63, 3.8) is 0 Å². The van der Waals surface area contributed by atoms with Gasteiger partial charge in [0.05, 0.1) is 22.4 Å². The molecule has 2 aromatic carbocycles. The van der Waals surface area contributed by atoms with Crippen LogP contribution in [0.3, 0.4) is 0 Å². The van der Waals surface area contributed by atoms with Crippen molar-refractivity contribution in [1.82, 2.24) is 19.6 Å². The lowest BCUT2D eigenvalue weighted by atomic mass is 9.61. The van der Waals surface area contributed by atoms with E-state index in [1.165, 1.54) is 25.0 Å². The van der Waals surface area contributed by atoms with E-state index in [0.29, 0.717) is 41.2 Å². The molecule has 7 rings (SSSR count). The summed E-state index contributed by atoms with van der Waals surface area (Å²) in [7, 11) is 0. The van der Waals surface area contributed by atoms with E-state index < -0.39 is 28.8 Å². The van der Waals surface area contributed by atoms with Crippen molar-refractivity contribution >= 4 is 28.2 Å². The second kappa shape index (κ2) is 11.0. The van der Waals surface area contributed by atoms with Crippen molar-refractivity contribution in [3.05, 3.63) is 76.3 Å². The molecular formula is C34H39F2N7O2. The number of anilines is 2. The summed E-state index contributed by atoms with van der Waals surface area (Å²) in [5.41, 5.74) is 7.10. The van der Waals surface area contributed by atoms with Crippen LogP contribution in [0.5, 0.6) is 0 Å². The number of carbonyl (C=O) groups excluding carboxylic acids is 1. The van der Waals surface area contributed by atoms with Crippen LogP contribution in [-0.4, -0.2) is 44.6 Å². The lowest BCUT2D eigenvalue weighted by molar-refractivity contribution is 0.0191. The van der Waals surface area contributed by atoms with Crippen LogP contribution in [0.25, 0.3) is 16.6 Å². The lowest BCUT2D eigenvalue weighted by Gasteiger charge is -2.50. The van der Waals surface area contributed by atoms with E-state index in [0.717, 1.165) is 54.1 Å². The molecule has 0 spiro atoms. The maximum absolute atomic E-state index is 14.5. The number of amides is 1. The maximum atomic E-state index is 14.5. The average Bonchev–Trinajstić information content (AvgIpc) is 3.56. The third kappa shape index (κ3) is 5.20. The van der Waals surface area contributed by atoms with Gasteiger partial charge in [0.2, 0.25) is 0 Å². The van der Waals surface area contributed by atoms with Crippen molar-refractivity contribution < 1.29 is 13.6 Å². The summed E-state index contributed by atoms with van der Waals surface area (Å²) in [6.45, 7) is 8.15. The standard InChI is InChI=1S/C34H39F2N7O2/c1-19-11-22-12-20(2)14-34(13-19,15-22)42-17-23-27(39-42)7-8-28(31(23)41-16-21(3)26(37)18-41)38-33(45)29-9-10-30(44)43(40-29)32-24(35)5-4-6-25(32)36/h4-10,17,19-22,26H,11-16,18,37H2,1-3H3,(H,38,45)/t19?,20?,21-,22?,26+,34?/m1/s1. The molecule has 45 heavy (non-hydrogen) atoms. The summed E-state index contributed by atoms with van der Waals surface area (Å²) in [5.74, 6) is -0.335. The SMILES string of the molecule is CC1CC2CC(C)CC(n3cc4c(N5C[C@@H](C)[C@@H](N)C5)c(NC(=O)c5ccc(=O)n(-c6c(F)cccc6F)n5)ccc4n3)(C1)C2. The van der Waals surface area contributed by atoms with E-state index in [2.05, 4.69) is 47.0 Å². The zero-order valence-electron chi connectivity index (χ0n) is 25.8. The number of hydrogen-bond donors (Lipinski definition) is 2. The fourth-order valence-electron chi connectivity index (χ4n) is 8.44. The Morgan fingerprint density at radius 1 is 0.933 bits per heavy atom. The summed E-state index contributed by atoms with van der Waals surface area (Å²) in [5, 5.41) is 13.1. The highest BCUT2D eigenvalue weighted by molar-refractivity contribution is 6.08. The van der Waals surface area contributed by atoms with Gasteiger partial charge in [-0.1, -0.05) is 26.8 Å². The monoisotopic (exact) mass is 615 g/mol. The second-order valence-corrected chi connectivity index (χ2v) is 13.9. The Bertz CT molecular complexity index is 1800. The minimum atomic E-state index is -0.961. The minimum absolute atomic E-state index is 0.0301. The Kier molecular flexibility index (Phi) is 7.26. The smallest absolute Gasteiger partial charge is 0.276 e. The number of rotatable bonds is 5. The molecule has 2 aromatic heterocycles. The number of para-hydroxylation sites is 1. The Morgan fingerprint density at radius 3 is 2.31 bits per heavy atom. The quantitative estimate of drug-likeness (QED) is 0.309. The summed E-state index contributed by atoms with van der Waals surface area (Å²) >= 11 is 0. The largest absolute Gasteiger partial charge is 0.367 e. The first kappa shape index (κ1) is 29.6. The van der Waals surface area contributed by atoms with E-state index in [-0.39, 0.29) is 23.2 Å². The number of hydrogen-bond acceptors (Lipinski definition) is 6. The molecule has 0 radical (unpaired) electrons. The van der Waals surface area contributed by atoms with Gasteiger partial charge in [-0.25, -0.2) is 8.78 Å². The number of nitrogens with one attached hydrogen (secondary N) is 1. The number of carbonyl (C=O) groups is 1. The third-order valence-electron chi connectivity index (χ3n) is 10.2. The summed E-state index contributed by atoms with van der Waals surface area (Å²) in [6.07, 6.45) is 8.00. The van der Waals surface area contributed by atoms with Gasteiger partial charge in [-0.2, -0.15) is 14.9 Å². The van der Waals surface area contributed by atoms with E-state index in [9.17, 15) is 18.4 Å². The maximum Gasteiger partial charge on any atom is 0.276 e. The molecule has 4 atom stereocenters. The molecule has 3 heterocycles. The second-order valence-electron chi connectivity index (χ2n) is 13.9. The van der Waals surface area contributed by atoms with Crippen molar-refractivity contribution in [3.8, 4) is 5.69 Å². The molecule has 2 unspecified atom stereocenters. The molecule has 236 valence electrons. The summed E-state index contributed by atoms with van der Waals surface area (Å²) in [6, 6.07) is 9.31. The molecule has 1 saturated heterocycles. The number of nitrogens with zero attached hydrogens (tertiary/aromatic N) is 5. The van der Waals surface area contributed by atoms with E-state index in [1.54, 1.807) is 0 Å². The molecule has 2 saturated carbocycles. The number of aromatic nitrogens is 4. The van der Waals surface area contributed by atoms with Crippen LogP contribution >= 0.6 is 0 Å². The van der Waals surface area contributed by atoms with Gasteiger partial charge in [0.25, 0.3) is 11.5 Å². The van der Waals surface area contributed by atoms with E-state index in [4.69, 9.17) is 10.8 Å². The molecule has 11 heteroatoms. The van der Waals surface area contributed by atoms with Crippen molar-refractivity contribution in [2.24, 2.45) is 29.4 Å². The predicted octanol–water partition coefficient (Wildman–Crippen LogP) is 5.46. The number of nitrogens with two attached hydrogens (primary N) is 1. The molecule has 3 aliphatic rings. The molecule has 1 amide bonds. The van der Waals surface area contributed by atoms with Gasteiger partial charge >= 0.3 is 0 Å². The lowest BCUT2D eigenvalue weighted by Crippen LogP contribution is -2.46. The van der Waals surface area contributed by atoms with Crippen LogP contribution in [0.1, 0.15) is 63.4 Å². The number of benzene rings is 2. The molecule has 3 fully saturated rings. The van der Waals surface area contributed by atoms with E-state index in [1.807, 2.05) is 12.1 Å². The predicted molar refractivity (Wildman–Crippen MR) is 170 cm³/mol. The van der Waals surface area contributed by atoms with Crippen LogP contribution in [0.2, 0.25) is 0 Å². The zero-order chi connectivity index (χ0) is 31.6. The topological polar surface area (TPSA) is 111 Å². The van der Waals surface area contributed by atoms with Gasteiger partial charge < -0.3 is 16.0 Å². The van der Waals surface area contributed by atoms with Crippen LogP contribution in [0, 0.1) is 35.3 Å². The van der Waals surface area contributed by atoms with Crippen LogP contribution in [-0.2, 0) is 5.54 Å². The van der Waals surface area contributed by atoms with Crippen molar-refractivity contribution in [2.75, 3.05) is 23.3 Å². The highest BCUT2D eigenvalue weighted by atomic mass is 19.1. The first-order valence-corrected chi connectivity index (χ1v) is 15.9. The fourth-order valence-corrected chi connectivity index (χ4v) is 8.44. The van der Waals surface area contributed by atoms with Gasteiger partial charge in [-0.3, -0.25) is 14.3 Å². The third-order valence-corrected chi connectivity index (χ3v) is 10.2. The Hall–Kier alpha value is -4.12. The first-order chi connectivity index (χ1) is 21.5. The Morgan fingerprint density at radius 2 is 1.64 bits per heavy atom. The number of fused-ring (bicyclic) bond motifs is 3. The van der Waals surface area contributed by atoms with Crippen LogP contribution < -0.4 is 21.5 Å². The van der Waals surface area contributed by atoms with Gasteiger partial charge in [0.1, 0.15) is 11.4 Å². The van der Waals surface area contributed by atoms with Gasteiger partial charge in [0, 0.05) is 36.8 Å². The normalized spacial score (nSPS) is 28.0. The Balaban J connectivity index is 1.29. The Labute approximate surface area is 260 Å². The number of halogens is 2. The average molecular weight is 616 g/mol. The fraction of sp³-hybridized carbons (Fsp3) is 0.471. The van der Waals surface area contributed by atoms with Crippen molar-refractivity contribution in [1.29, 1.82) is 0 Å². The van der Waals surface area contributed by atoms with Crippen LogP contribution in [0.4, 0.5) is 20.2 Å². The molecular weight excluding hydrogens is 576 g/mol. The first-order valence-electron chi connectivity index (χ1n) is 15.9. The summed E-state index contributed by atoms with van der Waals surface area (Å²) in [4.78, 5) is 28.4. The van der Waals surface area contributed by atoms with Gasteiger partial charge in [-0.15, -0.1) is 0 Å². The molecule has 2 bridgehead atoms. The zero-order valence-corrected chi connectivity index (χ0v) is 25.8. The van der Waals surface area contributed by atoms with Gasteiger partial charge in [0.15, 0.2) is 11.6 Å². The molecule has 4 aromatic rings.